The highest BCUT2D eigenvalue weighted by Crippen LogP contribution is 2.33. The van der Waals surface area contributed by atoms with Crippen molar-refractivity contribution in [2.24, 2.45) is 0 Å². The smallest absolute Gasteiger partial charge is 0.406 e. The summed E-state index contributed by atoms with van der Waals surface area (Å²) in [5.74, 6) is -0.446. The molecule has 0 radical (unpaired) electrons. The van der Waals surface area contributed by atoms with Gasteiger partial charge in [0, 0.05) is 44.1 Å². The molecule has 0 bridgehead atoms. The Morgan fingerprint density at radius 2 is 1.68 bits per heavy atom. The van der Waals surface area contributed by atoms with E-state index in [-0.39, 0.29) is 12.2 Å². The number of halogens is 6. The third-order valence-electron chi connectivity index (χ3n) is 6.73. The van der Waals surface area contributed by atoms with Crippen molar-refractivity contribution in [3.8, 4) is 5.75 Å². The minimum atomic E-state index is -4.84. The number of anilines is 2. The zero-order chi connectivity index (χ0) is 29.1. The fourth-order valence-corrected chi connectivity index (χ4v) is 4.86. The first-order chi connectivity index (χ1) is 18.8. The van der Waals surface area contributed by atoms with E-state index in [2.05, 4.69) is 15.4 Å². The van der Waals surface area contributed by atoms with Crippen molar-refractivity contribution in [2.75, 3.05) is 49.5 Å². The molecule has 0 spiro atoms. The van der Waals surface area contributed by atoms with Gasteiger partial charge in [0.05, 0.1) is 24.3 Å². The molecule has 2 heterocycles. The van der Waals surface area contributed by atoms with Crippen LogP contribution in [-0.4, -0.2) is 91.2 Å². The van der Waals surface area contributed by atoms with Crippen LogP contribution in [0.15, 0.2) is 48.5 Å². The molecule has 2 amide bonds. The number of aliphatic hydroxyl groups is 2. The van der Waals surface area contributed by atoms with Crippen molar-refractivity contribution < 1.29 is 50.8 Å². The van der Waals surface area contributed by atoms with Crippen LogP contribution in [0.4, 0.5) is 42.5 Å². The van der Waals surface area contributed by atoms with E-state index in [9.17, 15) is 41.4 Å². The monoisotopic (exact) mass is 578 g/mol. The van der Waals surface area contributed by atoms with Gasteiger partial charge in [-0.1, -0.05) is 6.07 Å². The van der Waals surface area contributed by atoms with Gasteiger partial charge in [0.15, 0.2) is 0 Å². The van der Waals surface area contributed by atoms with Gasteiger partial charge in [0.2, 0.25) is 0 Å². The molecule has 0 saturated carbocycles. The molecule has 2 saturated heterocycles. The van der Waals surface area contributed by atoms with Gasteiger partial charge in [-0.15, -0.1) is 13.2 Å². The van der Waals surface area contributed by atoms with Crippen molar-refractivity contribution in [3.63, 3.8) is 0 Å². The van der Waals surface area contributed by atoms with Crippen LogP contribution in [0.5, 0.6) is 5.75 Å². The standard InChI is InChI=1S/C25H28F6N4O5/c26-24(27,28)15-2-1-3-17(12-15)34-8-10-35(11-9-34)21-19(39-20(14-36)22(21)37)13-32-23(38)33-16-4-6-18(7-5-16)40-25(29,30)31/h1-7,12,19-22,36-37H,8-11,13-14H2,(H2,32,33,38). The number of alkyl halides is 6. The molecule has 15 heteroatoms. The summed E-state index contributed by atoms with van der Waals surface area (Å²) in [6.07, 6.45) is -12.0. The highest BCUT2D eigenvalue weighted by molar-refractivity contribution is 5.89. The number of piperazine rings is 1. The molecule has 2 aliphatic heterocycles. The Morgan fingerprint density at radius 1 is 1.00 bits per heavy atom. The number of carbonyl (C=O) groups is 1. The van der Waals surface area contributed by atoms with Gasteiger partial charge < -0.3 is 35.2 Å². The molecule has 0 aliphatic carbocycles. The number of hydrogen-bond acceptors (Lipinski definition) is 7. The Hall–Kier alpha value is -3.27. The number of benzene rings is 2. The van der Waals surface area contributed by atoms with Gasteiger partial charge in [-0.05, 0) is 42.5 Å². The maximum atomic E-state index is 13.1. The lowest BCUT2D eigenvalue weighted by Crippen LogP contribution is -2.57. The lowest BCUT2D eigenvalue weighted by Gasteiger charge is -2.41. The molecule has 4 rings (SSSR count). The normalized spacial score (nSPS) is 24.1. The Bertz CT molecular complexity index is 1140. The van der Waals surface area contributed by atoms with Gasteiger partial charge in [0.25, 0.3) is 0 Å². The molecule has 2 fully saturated rings. The fraction of sp³-hybridized carbons (Fsp3) is 0.480. The largest absolute Gasteiger partial charge is 0.573 e. The van der Waals surface area contributed by atoms with Crippen molar-refractivity contribution in [1.29, 1.82) is 0 Å². The molecule has 0 aromatic heterocycles. The molecular formula is C25H28F6N4O5. The first-order valence-corrected chi connectivity index (χ1v) is 12.4. The summed E-state index contributed by atoms with van der Waals surface area (Å²) in [6.45, 7) is 0.999. The second kappa shape index (κ2) is 12.1. The summed E-state index contributed by atoms with van der Waals surface area (Å²) in [5.41, 5.74) is -0.110. The molecule has 2 aliphatic rings. The molecule has 2 aromatic rings. The van der Waals surface area contributed by atoms with Crippen LogP contribution < -0.4 is 20.3 Å². The van der Waals surface area contributed by atoms with Crippen LogP contribution in [-0.2, 0) is 10.9 Å². The van der Waals surface area contributed by atoms with E-state index in [0.29, 0.717) is 31.9 Å². The maximum Gasteiger partial charge on any atom is 0.573 e. The van der Waals surface area contributed by atoms with Crippen LogP contribution in [0.25, 0.3) is 0 Å². The summed E-state index contributed by atoms with van der Waals surface area (Å²) >= 11 is 0. The maximum absolute atomic E-state index is 13.1. The molecule has 40 heavy (non-hydrogen) atoms. The van der Waals surface area contributed by atoms with Crippen LogP contribution >= 0.6 is 0 Å². The second-order valence-electron chi connectivity index (χ2n) is 9.36. The highest BCUT2D eigenvalue weighted by Gasteiger charge is 2.47. The summed E-state index contributed by atoms with van der Waals surface area (Å²) in [4.78, 5) is 16.1. The third kappa shape index (κ3) is 7.47. The molecule has 4 atom stereocenters. The predicted octanol–water partition coefficient (Wildman–Crippen LogP) is 3.04. The van der Waals surface area contributed by atoms with Gasteiger partial charge in [0.1, 0.15) is 18.0 Å². The van der Waals surface area contributed by atoms with Crippen molar-refractivity contribution >= 4 is 17.4 Å². The van der Waals surface area contributed by atoms with E-state index in [1.807, 2.05) is 9.80 Å². The van der Waals surface area contributed by atoms with Crippen molar-refractivity contribution in [3.05, 3.63) is 54.1 Å². The number of carbonyl (C=O) groups excluding carboxylic acids is 1. The van der Waals surface area contributed by atoms with Crippen molar-refractivity contribution in [2.45, 2.75) is 36.9 Å². The van der Waals surface area contributed by atoms with Crippen LogP contribution in [0.2, 0.25) is 0 Å². The number of amides is 2. The molecular weight excluding hydrogens is 550 g/mol. The summed E-state index contributed by atoms with van der Waals surface area (Å²) in [7, 11) is 0. The molecule has 220 valence electrons. The predicted molar refractivity (Wildman–Crippen MR) is 131 cm³/mol. The van der Waals surface area contributed by atoms with E-state index in [1.54, 1.807) is 6.07 Å². The van der Waals surface area contributed by atoms with Gasteiger partial charge in [-0.2, -0.15) is 13.2 Å². The average Bonchev–Trinajstić information content (AvgIpc) is 3.22. The van der Waals surface area contributed by atoms with Crippen molar-refractivity contribution in [1.82, 2.24) is 10.2 Å². The number of nitrogens with one attached hydrogen (secondary N) is 2. The van der Waals surface area contributed by atoms with Crippen LogP contribution in [0.3, 0.4) is 0 Å². The summed E-state index contributed by atoms with van der Waals surface area (Å²) in [6, 6.07) is 8.30. The average molecular weight is 579 g/mol. The number of nitrogens with zero attached hydrogens (tertiary/aromatic N) is 2. The number of urea groups is 1. The summed E-state index contributed by atoms with van der Waals surface area (Å²) in [5, 5.41) is 25.5. The molecule has 2 aromatic carbocycles. The SMILES string of the molecule is O=C(NCC1OC(CO)C(O)C1N1CCN(c2cccc(C(F)(F)F)c2)CC1)Nc1ccc(OC(F)(F)F)cc1. The first-order valence-electron chi connectivity index (χ1n) is 12.4. The summed E-state index contributed by atoms with van der Waals surface area (Å²) < 4.78 is 85.8. The molecule has 9 nitrogen and oxygen atoms in total. The van der Waals surface area contributed by atoms with E-state index in [4.69, 9.17) is 4.74 Å². The fourth-order valence-electron chi connectivity index (χ4n) is 4.86. The van der Waals surface area contributed by atoms with E-state index in [0.717, 1.165) is 24.3 Å². The van der Waals surface area contributed by atoms with Crippen LogP contribution in [0.1, 0.15) is 5.56 Å². The molecule has 4 unspecified atom stereocenters. The lowest BCUT2D eigenvalue weighted by atomic mass is 10.0. The lowest BCUT2D eigenvalue weighted by molar-refractivity contribution is -0.274. The minimum Gasteiger partial charge on any atom is -0.406 e. The third-order valence-corrected chi connectivity index (χ3v) is 6.73. The zero-order valence-corrected chi connectivity index (χ0v) is 21.0. The topological polar surface area (TPSA) is 107 Å². The number of aliphatic hydroxyl groups excluding tert-OH is 2. The zero-order valence-electron chi connectivity index (χ0n) is 21.0. The van der Waals surface area contributed by atoms with E-state index < -0.39 is 60.8 Å². The van der Waals surface area contributed by atoms with Gasteiger partial charge >= 0.3 is 18.6 Å². The Morgan fingerprint density at radius 3 is 2.27 bits per heavy atom. The first kappa shape index (κ1) is 29.7. The van der Waals surface area contributed by atoms with Crippen LogP contribution in [0, 0.1) is 0 Å². The second-order valence-corrected chi connectivity index (χ2v) is 9.36. The Labute approximate surface area is 225 Å². The highest BCUT2D eigenvalue weighted by atomic mass is 19.4. The van der Waals surface area contributed by atoms with Gasteiger partial charge in [-0.25, -0.2) is 4.79 Å². The Balaban J connectivity index is 1.33. The number of rotatable bonds is 7. The Kier molecular flexibility index (Phi) is 8.97. The van der Waals surface area contributed by atoms with Gasteiger partial charge in [-0.3, -0.25) is 4.90 Å². The number of hydrogen-bond donors (Lipinski definition) is 4. The molecule has 4 N–H and O–H groups in total. The van der Waals surface area contributed by atoms with E-state index in [1.165, 1.54) is 18.2 Å². The number of ether oxygens (including phenoxy) is 2. The quantitative estimate of drug-likeness (QED) is 0.375. The van der Waals surface area contributed by atoms with E-state index >= 15 is 0 Å². The minimum absolute atomic E-state index is 0.0623.